The predicted octanol–water partition coefficient (Wildman–Crippen LogP) is 3.19. The molecule has 0 aliphatic carbocycles. The van der Waals surface area contributed by atoms with Crippen molar-refractivity contribution >= 4 is 22.6 Å². The van der Waals surface area contributed by atoms with Crippen LogP contribution in [0.2, 0.25) is 0 Å². The fourth-order valence-electron chi connectivity index (χ4n) is 2.09. The molecule has 1 unspecified atom stereocenters. The minimum Gasteiger partial charge on any atom is -0.494 e. The van der Waals surface area contributed by atoms with Gasteiger partial charge in [-0.1, -0.05) is 24.3 Å². The second-order valence-corrected chi connectivity index (χ2v) is 5.66. The van der Waals surface area contributed by atoms with Gasteiger partial charge in [-0.25, -0.2) is 4.39 Å². The number of hydrazine groups is 1. The van der Waals surface area contributed by atoms with Crippen molar-refractivity contribution in [2.75, 3.05) is 7.11 Å². The van der Waals surface area contributed by atoms with Gasteiger partial charge in [-0.2, -0.15) is 0 Å². The molecule has 0 heterocycles. The Kier molecular flexibility index (Phi) is 5.33. The molecule has 2 aromatic carbocycles. The van der Waals surface area contributed by atoms with Crippen LogP contribution in [0.1, 0.15) is 17.2 Å². The van der Waals surface area contributed by atoms with Gasteiger partial charge in [0.15, 0.2) is 11.6 Å². The van der Waals surface area contributed by atoms with Crippen LogP contribution in [0.15, 0.2) is 42.5 Å². The van der Waals surface area contributed by atoms with Crippen LogP contribution >= 0.6 is 22.6 Å². The molecule has 0 aliphatic heterocycles. The molecule has 0 amide bonds. The number of methoxy groups -OCH3 is 1. The van der Waals surface area contributed by atoms with Crippen LogP contribution in [0.4, 0.5) is 4.39 Å². The second-order valence-electron chi connectivity index (χ2n) is 4.41. The maximum Gasteiger partial charge on any atom is 0.168 e. The molecular weight excluding hydrogens is 370 g/mol. The summed E-state index contributed by atoms with van der Waals surface area (Å²) in [5.74, 6) is 5.54. The molecule has 0 fully saturated rings. The molecule has 3 N–H and O–H groups in total. The van der Waals surface area contributed by atoms with Gasteiger partial charge in [-0.15, -0.1) is 0 Å². The summed E-state index contributed by atoms with van der Waals surface area (Å²) in [4.78, 5) is 0. The van der Waals surface area contributed by atoms with E-state index in [1.54, 1.807) is 18.2 Å². The van der Waals surface area contributed by atoms with Crippen LogP contribution in [-0.4, -0.2) is 7.11 Å². The van der Waals surface area contributed by atoms with Crippen molar-refractivity contribution in [1.82, 2.24) is 5.43 Å². The van der Waals surface area contributed by atoms with Gasteiger partial charge in [0, 0.05) is 3.57 Å². The van der Waals surface area contributed by atoms with E-state index < -0.39 is 0 Å². The molecule has 0 saturated heterocycles. The first-order valence-electron chi connectivity index (χ1n) is 6.18. The van der Waals surface area contributed by atoms with Gasteiger partial charge in [0.25, 0.3) is 0 Å². The summed E-state index contributed by atoms with van der Waals surface area (Å²) in [6.07, 6.45) is 0.458. The summed E-state index contributed by atoms with van der Waals surface area (Å²) in [6.45, 7) is 0. The van der Waals surface area contributed by atoms with Gasteiger partial charge in [0.1, 0.15) is 0 Å². The van der Waals surface area contributed by atoms with E-state index in [1.165, 1.54) is 7.11 Å². The molecule has 0 bridgehead atoms. The lowest BCUT2D eigenvalue weighted by Crippen LogP contribution is -2.29. The maximum absolute atomic E-state index is 14.2. The zero-order chi connectivity index (χ0) is 14.5. The zero-order valence-electron chi connectivity index (χ0n) is 11.1. The monoisotopic (exact) mass is 386 g/mol. The highest BCUT2D eigenvalue weighted by Gasteiger charge is 2.15. The number of nitrogens with one attached hydrogen (secondary N) is 1. The minimum absolute atomic E-state index is 0.147. The van der Waals surface area contributed by atoms with Gasteiger partial charge in [-0.3, -0.25) is 11.3 Å². The van der Waals surface area contributed by atoms with Gasteiger partial charge < -0.3 is 4.74 Å². The van der Waals surface area contributed by atoms with Crippen molar-refractivity contribution in [3.63, 3.8) is 0 Å². The molecule has 20 heavy (non-hydrogen) atoms. The van der Waals surface area contributed by atoms with Gasteiger partial charge in [0.05, 0.1) is 13.2 Å². The third-order valence-electron chi connectivity index (χ3n) is 3.14. The van der Waals surface area contributed by atoms with Crippen LogP contribution < -0.4 is 16.0 Å². The Morgan fingerprint density at radius 2 is 2.05 bits per heavy atom. The predicted molar refractivity (Wildman–Crippen MR) is 85.9 cm³/mol. The molecule has 0 radical (unpaired) electrons. The van der Waals surface area contributed by atoms with Crippen molar-refractivity contribution in [2.45, 2.75) is 12.5 Å². The summed E-state index contributed by atoms with van der Waals surface area (Å²) in [6, 6.07) is 13.0. The fraction of sp³-hybridized carbons (Fsp3) is 0.200. The van der Waals surface area contributed by atoms with Crippen LogP contribution in [0.3, 0.4) is 0 Å². The summed E-state index contributed by atoms with van der Waals surface area (Å²) in [5, 5.41) is 0. The molecule has 0 aliphatic rings. The van der Waals surface area contributed by atoms with E-state index in [1.807, 2.05) is 24.3 Å². The highest BCUT2D eigenvalue weighted by Crippen LogP contribution is 2.25. The quantitative estimate of drug-likeness (QED) is 0.472. The summed E-state index contributed by atoms with van der Waals surface area (Å²) >= 11 is 2.24. The van der Waals surface area contributed by atoms with Crippen LogP contribution in [0, 0.1) is 9.39 Å². The summed E-state index contributed by atoms with van der Waals surface area (Å²) in [5.41, 5.74) is 4.35. The summed E-state index contributed by atoms with van der Waals surface area (Å²) in [7, 11) is 1.46. The fourth-order valence-corrected chi connectivity index (χ4v) is 2.65. The van der Waals surface area contributed by atoms with Crippen molar-refractivity contribution in [1.29, 1.82) is 0 Å². The first-order chi connectivity index (χ1) is 9.65. The number of halogens is 2. The Labute approximate surface area is 131 Å². The number of rotatable bonds is 5. The molecular formula is C15H16FIN2O. The maximum atomic E-state index is 14.2. The number of ether oxygens (including phenoxy) is 1. The first kappa shape index (κ1) is 15.2. The number of benzene rings is 2. The highest BCUT2D eigenvalue weighted by molar-refractivity contribution is 14.1. The standard InChI is InChI=1S/C15H16FIN2O/c1-20-14-7-3-5-11(15(14)16)9-13(19-18)10-4-2-6-12(17)8-10/h2-8,13,19H,9,18H2,1H3. The van der Waals surface area contributed by atoms with E-state index >= 15 is 0 Å². The lowest BCUT2D eigenvalue weighted by Gasteiger charge is -2.17. The van der Waals surface area contributed by atoms with Crippen LogP contribution in [0.5, 0.6) is 5.75 Å². The van der Waals surface area contributed by atoms with Gasteiger partial charge >= 0.3 is 0 Å². The van der Waals surface area contributed by atoms with E-state index in [4.69, 9.17) is 10.6 Å². The first-order valence-corrected chi connectivity index (χ1v) is 7.26. The molecule has 106 valence electrons. The number of hydrogen-bond acceptors (Lipinski definition) is 3. The molecule has 0 spiro atoms. The van der Waals surface area contributed by atoms with Crippen LogP contribution in [-0.2, 0) is 6.42 Å². The SMILES string of the molecule is COc1cccc(CC(NN)c2cccc(I)c2)c1F. The molecule has 0 saturated carbocycles. The average molecular weight is 386 g/mol. The number of hydrogen-bond donors (Lipinski definition) is 2. The average Bonchev–Trinajstić information content (AvgIpc) is 2.46. The van der Waals surface area contributed by atoms with Crippen molar-refractivity contribution in [3.05, 3.63) is 63.0 Å². The lowest BCUT2D eigenvalue weighted by atomic mass is 9.99. The largest absolute Gasteiger partial charge is 0.494 e. The molecule has 5 heteroatoms. The Morgan fingerprint density at radius 1 is 1.30 bits per heavy atom. The molecule has 0 aromatic heterocycles. The molecule has 1 atom stereocenters. The Bertz CT molecular complexity index is 592. The Hall–Kier alpha value is -1.18. The van der Waals surface area contributed by atoms with Gasteiger partial charge in [0.2, 0.25) is 0 Å². The van der Waals surface area contributed by atoms with E-state index in [0.29, 0.717) is 12.0 Å². The zero-order valence-corrected chi connectivity index (χ0v) is 13.2. The lowest BCUT2D eigenvalue weighted by molar-refractivity contribution is 0.382. The minimum atomic E-state index is -0.333. The van der Waals surface area contributed by atoms with Crippen molar-refractivity contribution in [2.24, 2.45) is 5.84 Å². The third-order valence-corrected chi connectivity index (χ3v) is 3.81. The smallest absolute Gasteiger partial charge is 0.168 e. The topological polar surface area (TPSA) is 47.3 Å². The van der Waals surface area contributed by atoms with E-state index in [-0.39, 0.29) is 17.6 Å². The third kappa shape index (κ3) is 3.47. The second kappa shape index (κ2) is 7.01. The van der Waals surface area contributed by atoms with Crippen molar-refractivity contribution in [3.8, 4) is 5.75 Å². The highest BCUT2D eigenvalue weighted by atomic mass is 127. The van der Waals surface area contributed by atoms with E-state index in [9.17, 15) is 4.39 Å². The Morgan fingerprint density at radius 3 is 2.70 bits per heavy atom. The van der Waals surface area contributed by atoms with Gasteiger partial charge in [-0.05, 0) is 58.3 Å². The molecule has 3 nitrogen and oxygen atoms in total. The van der Waals surface area contributed by atoms with E-state index in [2.05, 4.69) is 28.0 Å². The summed E-state index contributed by atoms with van der Waals surface area (Å²) < 4.78 is 20.3. The number of nitrogens with two attached hydrogens (primary N) is 1. The van der Waals surface area contributed by atoms with Crippen LogP contribution in [0.25, 0.3) is 0 Å². The molecule has 2 rings (SSSR count). The van der Waals surface area contributed by atoms with E-state index in [0.717, 1.165) is 9.13 Å². The van der Waals surface area contributed by atoms with Crippen molar-refractivity contribution < 1.29 is 9.13 Å². The normalized spacial score (nSPS) is 12.2. The molecule has 2 aromatic rings. The Balaban J connectivity index is 2.27.